The third-order valence-corrected chi connectivity index (χ3v) is 4.34. The third-order valence-electron chi connectivity index (χ3n) is 4.11. The van der Waals surface area contributed by atoms with E-state index in [0.29, 0.717) is 28.0 Å². The number of methoxy groups -OCH3 is 1. The van der Waals surface area contributed by atoms with Crippen LogP contribution in [0.4, 0.5) is 0 Å². The number of nitrogens with one attached hydrogen (secondary N) is 2. The first-order valence-corrected chi connectivity index (χ1v) is 8.66. The number of hydrogen-bond acceptors (Lipinski definition) is 4. The maximum absolute atomic E-state index is 12.5. The number of carbonyl (C=O) groups excluding carboxylic acids is 1. The molecule has 1 aromatic heterocycles. The van der Waals surface area contributed by atoms with E-state index in [2.05, 4.69) is 10.3 Å². The second-order valence-corrected chi connectivity index (χ2v) is 6.39. The van der Waals surface area contributed by atoms with Crippen LogP contribution in [-0.4, -0.2) is 29.2 Å². The van der Waals surface area contributed by atoms with Crippen LogP contribution in [0.2, 0.25) is 5.02 Å². The van der Waals surface area contributed by atoms with E-state index >= 15 is 0 Å². The number of nitrogens with zero attached hydrogens (tertiary/aromatic N) is 1. The van der Waals surface area contributed by atoms with E-state index in [1.54, 1.807) is 24.3 Å². The normalized spacial score (nSPS) is 10.9. The average Bonchev–Trinajstić information content (AvgIpc) is 2.65. The minimum Gasteiger partial charge on any atom is -0.383 e. The highest BCUT2D eigenvalue weighted by atomic mass is 35.5. The second-order valence-electron chi connectivity index (χ2n) is 5.95. The van der Waals surface area contributed by atoms with Crippen LogP contribution in [0.25, 0.3) is 10.9 Å². The van der Waals surface area contributed by atoms with Gasteiger partial charge in [-0.25, -0.2) is 4.79 Å². The van der Waals surface area contributed by atoms with Gasteiger partial charge in [0.2, 0.25) is 0 Å². The fraction of sp³-hybridized carbons (Fsp3) is 0.211. The van der Waals surface area contributed by atoms with Crippen LogP contribution in [0.3, 0.4) is 0 Å². The molecule has 27 heavy (non-hydrogen) atoms. The zero-order valence-electron chi connectivity index (χ0n) is 14.6. The molecule has 0 bridgehead atoms. The fourth-order valence-electron chi connectivity index (χ4n) is 2.71. The second kappa shape index (κ2) is 8.20. The maximum atomic E-state index is 12.5. The molecule has 1 amide bonds. The molecule has 0 unspecified atom stereocenters. The van der Waals surface area contributed by atoms with Gasteiger partial charge in [0.15, 0.2) is 0 Å². The van der Waals surface area contributed by atoms with Gasteiger partial charge in [-0.15, -0.1) is 0 Å². The highest BCUT2D eigenvalue weighted by Gasteiger charge is 2.11. The highest BCUT2D eigenvalue weighted by Crippen LogP contribution is 2.12. The molecule has 0 saturated heterocycles. The summed E-state index contributed by atoms with van der Waals surface area (Å²) >= 11 is 5.93. The first-order valence-electron chi connectivity index (χ1n) is 8.28. The standard InChI is InChI=1S/C19H18ClN3O4/c1-27-8-7-23-18(25)15-6-5-13(10-16(15)22-19(23)26)17(24)21-11-12-3-2-4-14(20)9-12/h2-6,9-10H,7-8,11H2,1H3,(H,21,24)(H,22,26). The fourth-order valence-corrected chi connectivity index (χ4v) is 2.93. The number of rotatable bonds is 6. The molecule has 2 N–H and O–H groups in total. The van der Waals surface area contributed by atoms with Gasteiger partial charge < -0.3 is 15.0 Å². The molecule has 2 aromatic carbocycles. The summed E-state index contributed by atoms with van der Waals surface area (Å²) in [5.74, 6) is -0.318. The summed E-state index contributed by atoms with van der Waals surface area (Å²) in [6.45, 7) is 0.716. The van der Waals surface area contributed by atoms with E-state index in [0.717, 1.165) is 10.1 Å². The molecule has 8 heteroatoms. The van der Waals surface area contributed by atoms with Crippen molar-refractivity contribution in [2.45, 2.75) is 13.1 Å². The van der Waals surface area contributed by atoms with Crippen LogP contribution in [-0.2, 0) is 17.8 Å². The first kappa shape index (κ1) is 18.9. The van der Waals surface area contributed by atoms with Crippen molar-refractivity contribution in [1.29, 1.82) is 0 Å². The minimum atomic E-state index is -0.541. The molecule has 1 heterocycles. The van der Waals surface area contributed by atoms with Crippen molar-refractivity contribution in [1.82, 2.24) is 14.9 Å². The molecule has 0 spiro atoms. The Morgan fingerprint density at radius 1 is 1.22 bits per heavy atom. The lowest BCUT2D eigenvalue weighted by Gasteiger charge is -2.08. The van der Waals surface area contributed by atoms with Gasteiger partial charge in [-0.2, -0.15) is 0 Å². The van der Waals surface area contributed by atoms with Crippen molar-refractivity contribution < 1.29 is 9.53 Å². The predicted octanol–water partition coefficient (Wildman–Crippen LogP) is 1.92. The molecule has 0 aliphatic rings. The summed E-state index contributed by atoms with van der Waals surface area (Å²) in [5.41, 5.74) is 0.562. The van der Waals surface area contributed by atoms with Crippen molar-refractivity contribution in [2.24, 2.45) is 0 Å². The van der Waals surface area contributed by atoms with Crippen LogP contribution in [0, 0.1) is 0 Å². The summed E-state index contributed by atoms with van der Waals surface area (Å²) in [4.78, 5) is 39.6. The van der Waals surface area contributed by atoms with Gasteiger partial charge >= 0.3 is 5.69 Å². The number of halogens is 1. The van der Waals surface area contributed by atoms with E-state index in [1.165, 1.54) is 19.2 Å². The van der Waals surface area contributed by atoms with Gasteiger partial charge in [0.05, 0.1) is 24.1 Å². The van der Waals surface area contributed by atoms with Crippen molar-refractivity contribution in [3.8, 4) is 0 Å². The van der Waals surface area contributed by atoms with Crippen molar-refractivity contribution in [2.75, 3.05) is 13.7 Å². The van der Waals surface area contributed by atoms with Gasteiger partial charge in [0.1, 0.15) is 0 Å². The lowest BCUT2D eigenvalue weighted by atomic mass is 10.1. The van der Waals surface area contributed by atoms with Gasteiger partial charge in [-0.05, 0) is 35.9 Å². The smallest absolute Gasteiger partial charge is 0.328 e. The van der Waals surface area contributed by atoms with Crippen LogP contribution in [0.5, 0.6) is 0 Å². The number of hydrogen-bond donors (Lipinski definition) is 2. The molecular weight excluding hydrogens is 370 g/mol. The molecule has 3 rings (SSSR count). The Morgan fingerprint density at radius 3 is 2.78 bits per heavy atom. The lowest BCUT2D eigenvalue weighted by molar-refractivity contribution is 0.0951. The molecule has 0 saturated carbocycles. The molecule has 0 fully saturated rings. The summed E-state index contributed by atoms with van der Waals surface area (Å²) in [6, 6.07) is 11.8. The Labute approximate surface area is 159 Å². The topological polar surface area (TPSA) is 93.2 Å². The number of aromatic nitrogens is 2. The van der Waals surface area contributed by atoms with Crippen molar-refractivity contribution in [3.63, 3.8) is 0 Å². The molecule has 0 aliphatic heterocycles. The largest absolute Gasteiger partial charge is 0.383 e. The van der Waals surface area contributed by atoms with Gasteiger partial charge in [0, 0.05) is 24.2 Å². The van der Waals surface area contributed by atoms with Gasteiger partial charge in [-0.3, -0.25) is 14.2 Å². The minimum absolute atomic E-state index is 0.155. The number of ether oxygens (including phenoxy) is 1. The summed E-state index contributed by atoms with van der Waals surface area (Å²) in [5, 5.41) is 3.71. The Hall–Kier alpha value is -2.90. The highest BCUT2D eigenvalue weighted by molar-refractivity contribution is 6.30. The summed E-state index contributed by atoms with van der Waals surface area (Å²) in [6.07, 6.45) is 0. The molecular formula is C19H18ClN3O4. The molecule has 140 valence electrons. The number of carbonyl (C=O) groups is 1. The SMILES string of the molecule is COCCn1c(=O)[nH]c2cc(C(=O)NCc3cccc(Cl)c3)ccc2c1=O. The zero-order valence-corrected chi connectivity index (χ0v) is 15.4. The maximum Gasteiger partial charge on any atom is 0.328 e. The molecule has 0 atom stereocenters. The quantitative estimate of drug-likeness (QED) is 0.675. The van der Waals surface area contributed by atoms with E-state index in [9.17, 15) is 14.4 Å². The van der Waals surface area contributed by atoms with Crippen molar-refractivity contribution >= 4 is 28.4 Å². The molecule has 3 aromatic rings. The Kier molecular flexibility index (Phi) is 5.73. The first-order chi connectivity index (χ1) is 13.0. The molecule has 7 nitrogen and oxygen atoms in total. The Balaban J connectivity index is 1.84. The van der Waals surface area contributed by atoms with E-state index in [-0.39, 0.29) is 19.1 Å². The number of H-pyrrole nitrogens is 1. The van der Waals surface area contributed by atoms with E-state index in [4.69, 9.17) is 16.3 Å². The Morgan fingerprint density at radius 2 is 2.04 bits per heavy atom. The van der Waals surface area contributed by atoms with Crippen LogP contribution < -0.4 is 16.6 Å². The van der Waals surface area contributed by atoms with Gasteiger partial charge in [-0.1, -0.05) is 23.7 Å². The van der Waals surface area contributed by atoms with Crippen LogP contribution in [0.1, 0.15) is 15.9 Å². The van der Waals surface area contributed by atoms with E-state index < -0.39 is 11.2 Å². The van der Waals surface area contributed by atoms with Crippen LogP contribution in [0.15, 0.2) is 52.1 Å². The summed E-state index contributed by atoms with van der Waals surface area (Å²) < 4.78 is 5.99. The predicted molar refractivity (Wildman–Crippen MR) is 103 cm³/mol. The Bertz CT molecular complexity index is 1100. The molecule has 0 radical (unpaired) electrons. The van der Waals surface area contributed by atoms with Gasteiger partial charge in [0.25, 0.3) is 11.5 Å². The zero-order chi connectivity index (χ0) is 19.4. The number of benzene rings is 2. The number of aromatic amines is 1. The molecule has 0 aliphatic carbocycles. The number of amides is 1. The third kappa shape index (κ3) is 4.27. The van der Waals surface area contributed by atoms with E-state index in [1.807, 2.05) is 6.07 Å². The monoisotopic (exact) mass is 387 g/mol. The van der Waals surface area contributed by atoms with Crippen molar-refractivity contribution in [3.05, 3.63) is 79.5 Å². The van der Waals surface area contributed by atoms with Crippen LogP contribution >= 0.6 is 11.6 Å². The number of fused-ring (bicyclic) bond motifs is 1. The summed E-state index contributed by atoms with van der Waals surface area (Å²) in [7, 11) is 1.49. The lowest BCUT2D eigenvalue weighted by Crippen LogP contribution is -2.36. The average molecular weight is 388 g/mol.